The van der Waals surface area contributed by atoms with Gasteiger partial charge in [-0.15, -0.1) is 0 Å². The zero-order chi connectivity index (χ0) is 15.9. The van der Waals surface area contributed by atoms with Gasteiger partial charge >= 0.3 is 12.2 Å². The maximum atomic E-state index is 11.7. The first-order chi connectivity index (χ1) is 9.03. The van der Waals surface area contributed by atoms with Crippen molar-refractivity contribution in [1.82, 2.24) is 10.2 Å². The number of rotatable bonds is 5. The average molecular weight is 289 g/mol. The summed E-state index contributed by atoms with van der Waals surface area (Å²) < 4.78 is 9.74. The molecule has 0 saturated heterocycles. The molecular formula is C12H23N3O5. The van der Waals surface area contributed by atoms with Gasteiger partial charge in [0.2, 0.25) is 0 Å². The van der Waals surface area contributed by atoms with E-state index in [1.54, 1.807) is 20.8 Å². The highest BCUT2D eigenvalue weighted by Crippen LogP contribution is 2.07. The fraction of sp³-hybridized carbons (Fsp3) is 0.750. The van der Waals surface area contributed by atoms with Crippen molar-refractivity contribution < 1.29 is 23.9 Å². The van der Waals surface area contributed by atoms with Gasteiger partial charge in [0.1, 0.15) is 5.60 Å². The van der Waals surface area contributed by atoms with Gasteiger partial charge in [0, 0.05) is 27.1 Å². The van der Waals surface area contributed by atoms with Crippen molar-refractivity contribution in [1.29, 1.82) is 0 Å². The molecule has 0 heterocycles. The lowest BCUT2D eigenvalue weighted by atomic mass is 10.2. The summed E-state index contributed by atoms with van der Waals surface area (Å²) in [5, 5.41) is 2.47. The number of primary amides is 1. The number of amides is 3. The number of likely N-dealkylation sites (N-methyl/N-ethyl adjacent to an activating group) is 1. The quantitative estimate of drug-likeness (QED) is 0.763. The van der Waals surface area contributed by atoms with Gasteiger partial charge in [0.05, 0.1) is 0 Å². The second kappa shape index (κ2) is 7.56. The maximum Gasteiger partial charge on any atom is 0.407 e. The van der Waals surface area contributed by atoms with Crippen LogP contribution in [0, 0.1) is 0 Å². The summed E-state index contributed by atoms with van der Waals surface area (Å²) in [6.45, 7) is 5.33. The fourth-order valence-electron chi connectivity index (χ4n) is 1.28. The minimum atomic E-state index is -1.04. The Morgan fingerprint density at radius 1 is 1.25 bits per heavy atom. The number of nitrogens with zero attached hydrogens (tertiary/aromatic N) is 1. The van der Waals surface area contributed by atoms with Crippen LogP contribution in [0.25, 0.3) is 0 Å². The normalized spacial score (nSPS) is 12.2. The van der Waals surface area contributed by atoms with Crippen LogP contribution in [0.15, 0.2) is 0 Å². The third-order valence-electron chi connectivity index (χ3n) is 2.05. The van der Waals surface area contributed by atoms with Crippen molar-refractivity contribution in [2.75, 3.05) is 20.6 Å². The largest absolute Gasteiger partial charge is 0.444 e. The Kier molecular flexibility index (Phi) is 6.81. The lowest BCUT2D eigenvalue weighted by molar-refractivity contribution is -0.137. The zero-order valence-electron chi connectivity index (χ0n) is 12.6. The summed E-state index contributed by atoms with van der Waals surface area (Å²) in [4.78, 5) is 35.2. The summed E-state index contributed by atoms with van der Waals surface area (Å²) in [5.74, 6) is -0.408. The minimum Gasteiger partial charge on any atom is -0.444 e. The van der Waals surface area contributed by atoms with Crippen LogP contribution < -0.4 is 11.1 Å². The molecule has 0 radical (unpaired) electrons. The van der Waals surface area contributed by atoms with E-state index in [9.17, 15) is 14.4 Å². The van der Waals surface area contributed by atoms with Gasteiger partial charge in [-0.1, -0.05) is 0 Å². The van der Waals surface area contributed by atoms with E-state index in [4.69, 9.17) is 15.2 Å². The van der Waals surface area contributed by atoms with Gasteiger partial charge in [0.15, 0.2) is 6.10 Å². The van der Waals surface area contributed by atoms with Crippen LogP contribution in [0.1, 0.15) is 27.2 Å². The molecule has 3 amide bonds. The predicted octanol–water partition coefficient (Wildman–Crippen LogP) is 0.453. The van der Waals surface area contributed by atoms with Crippen molar-refractivity contribution in [3.05, 3.63) is 0 Å². The molecule has 1 unspecified atom stereocenters. The number of nitrogens with two attached hydrogens (primary N) is 1. The molecule has 0 rings (SSSR count). The van der Waals surface area contributed by atoms with E-state index in [0.717, 1.165) is 0 Å². The van der Waals surface area contributed by atoms with Crippen molar-refractivity contribution in [2.24, 2.45) is 5.73 Å². The van der Waals surface area contributed by atoms with Gasteiger partial charge in [-0.2, -0.15) is 0 Å². The number of carbonyl (C=O) groups excluding carboxylic acids is 3. The van der Waals surface area contributed by atoms with Crippen molar-refractivity contribution in [3.8, 4) is 0 Å². The molecule has 8 nitrogen and oxygen atoms in total. The number of hydrogen-bond donors (Lipinski definition) is 2. The number of alkyl carbamates (subject to hydrolysis) is 1. The molecular weight excluding hydrogens is 266 g/mol. The van der Waals surface area contributed by atoms with Gasteiger partial charge < -0.3 is 25.4 Å². The predicted molar refractivity (Wildman–Crippen MR) is 72.0 cm³/mol. The van der Waals surface area contributed by atoms with E-state index < -0.39 is 29.8 Å². The van der Waals surface area contributed by atoms with Crippen LogP contribution in [0.4, 0.5) is 9.59 Å². The molecule has 0 aromatic heterocycles. The molecule has 0 saturated carbocycles. The molecule has 3 N–H and O–H groups in total. The lowest BCUT2D eigenvalue weighted by Crippen LogP contribution is -2.41. The van der Waals surface area contributed by atoms with E-state index in [1.165, 1.54) is 19.0 Å². The highest BCUT2D eigenvalue weighted by Gasteiger charge is 2.24. The molecule has 8 heteroatoms. The summed E-state index contributed by atoms with van der Waals surface area (Å²) >= 11 is 0. The fourth-order valence-corrected chi connectivity index (χ4v) is 1.28. The number of ether oxygens (including phenoxy) is 2. The first-order valence-corrected chi connectivity index (χ1v) is 6.17. The smallest absolute Gasteiger partial charge is 0.407 e. The van der Waals surface area contributed by atoms with Crippen LogP contribution in [0.5, 0.6) is 0 Å². The molecule has 0 fully saturated rings. The van der Waals surface area contributed by atoms with Crippen LogP contribution in [0.2, 0.25) is 0 Å². The van der Waals surface area contributed by atoms with Crippen LogP contribution in [-0.2, 0) is 14.3 Å². The third kappa shape index (κ3) is 8.17. The second-order valence-electron chi connectivity index (χ2n) is 5.38. The van der Waals surface area contributed by atoms with Crippen molar-refractivity contribution >= 4 is 18.1 Å². The van der Waals surface area contributed by atoms with Crippen LogP contribution in [-0.4, -0.2) is 55.3 Å². The van der Waals surface area contributed by atoms with Crippen LogP contribution in [0.3, 0.4) is 0 Å². The van der Waals surface area contributed by atoms with Crippen molar-refractivity contribution in [2.45, 2.75) is 38.9 Å². The number of nitrogens with one attached hydrogen (secondary N) is 1. The van der Waals surface area contributed by atoms with Crippen molar-refractivity contribution in [3.63, 3.8) is 0 Å². The summed E-state index contributed by atoms with van der Waals surface area (Å²) in [7, 11) is 3.06. The molecule has 0 spiro atoms. The zero-order valence-corrected chi connectivity index (χ0v) is 12.6. The first kappa shape index (κ1) is 18.0. The lowest BCUT2D eigenvalue weighted by Gasteiger charge is -2.21. The second-order valence-corrected chi connectivity index (χ2v) is 5.38. The van der Waals surface area contributed by atoms with Gasteiger partial charge in [-0.25, -0.2) is 9.59 Å². The Bertz CT molecular complexity index is 363. The molecule has 20 heavy (non-hydrogen) atoms. The molecule has 0 aromatic carbocycles. The van der Waals surface area contributed by atoms with Gasteiger partial charge in [-0.3, -0.25) is 4.79 Å². The van der Waals surface area contributed by atoms with Crippen LogP contribution >= 0.6 is 0 Å². The highest BCUT2D eigenvalue weighted by molar-refractivity contribution is 5.82. The first-order valence-electron chi connectivity index (χ1n) is 6.17. The molecule has 116 valence electrons. The van der Waals surface area contributed by atoms with E-state index in [0.29, 0.717) is 0 Å². The van der Waals surface area contributed by atoms with Gasteiger partial charge in [-0.05, 0) is 20.8 Å². The van der Waals surface area contributed by atoms with E-state index in [1.807, 2.05) is 0 Å². The SMILES string of the molecule is CN(C)C(=O)C(CCNC(=O)OC(C)(C)C)OC(N)=O. The molecule has 0 aliphatic heterocycles. The minimum absolute atomic E-state index is 0.110. The summed E-state index contributed by atoms with van der Waals surface area (Å²) in [5.41, 5.74) is 4.30. The monoisotopic (exact) mass is 289 g/mol. The molecule has 0 bridgehead atoms. The Morgan fingerprint density at radius 3 is 2.20 bits per heavy atom. The maximum absolute atomic E-state index is 11.7. The van der Waals surface area contributed by atoms with E-state index >= 15 is 0 Å². The molecule has 0 aliphatic rings. The Labute approximate surface area is 118 Å². The topological polar surface area (TPSA) is 111 Å². The molecule has 1 atom stereocenters. The Balaban J connectivity index is 4.30. The molecule has 0 aliphatic carbocycles. The number of hydrogen-bond acceptors (Lipinski definition) is 5. The van der Waals surface area contributed by atoms with E-state index in [-0.39, 0.29) is 13.0 Å². The standard InChI is InChI=1S/C12H23N3O5/c1-12(2,3)20-11(18)14-7-6-8(19-10(13)17)9(16)15(4)5/h8H,6-7H2,1-5H3,(H2,13,17)(H,14,18). The Hall–Kier alpha value is -1.99. The average Bonchev–Trinajstić information content (AvgIpc) is 2.23. The van der Waals surface area contributed by atoms with E-state index in [2.05, 4.69) is 5.32 Å². The highest BCUT2D eigenvalue weighted by atomic mass is 16.6. The number of carbonyl (C=O) groups is 3. The Morgan fingerprint density at radius 2 is 1.80 bits per heavy atom. The summed E-state index contributed by atoms with van der Waals surface area (Å²) in [6, 6.07) is 0. The third-order valence-corrected chi connectivity index (χ3v) is 2.05. The summed E-state index contributed by atoms with van der Waals surface area (Å²) in [6.07, 6.45) is -2.56. The molecule has 0 aromatic rings. The van der Waals surface area contributed by atoms with Gasteiger partial charge in [0.25, 0.3) is 5.91 Å².